The van der Waals surface area contributed by atoms with Crippen LogP contribution < -0.4 is 4.74 Å². The van der Waals surface area contributed by atoms with Crippen molar-refractivity contribution in [3.63, 3.8) is 0 Å². The first-order valence-electron chi connectivity index (χ1n) is 6.07. The molecule has 0 heterocycles. The van der Waals surface area contributed by atoms with Crippen molar-refractivity contribution in [1.82, 2.24) is 0 Å². The molecule has 2 N–H and O–H groups in total. The van der Waals surface area contributed by atoms with Gasteiger partial charge in [0.15, 0.2) is 0 Å². The fraction of sp³-hybridized carbons (Fsp3) is 0.429. The minimum absolute atomic E-state index is 0.207. The van der Waals surface area contributed by atoms with E-state index in [0.717, 1.165) is 0 Å². The predicted molar refractivity (Wildman–Crippen MR) is 69.5 cm³/mol. The minimum atomic E-state index is -1.01. The maximum Gasteiger partial charge on any atom is 0.307 e. The lowest BCUT2D eigenvalue weighted by Gasteiger charge is -2.15. The van der Waals surface area contributed by atoms with E-state index >= 15 is 0 Å². The Labute approximate surface area is 111 Å². The van der Waals surface area contributed by atoms with Crippen LogP contribution in [0.4, 0.5) is 0 Å². The van der Waals surface area contributed by atoms with Gasteiger partial charge in [0, 0.05) is 5.56 Å². The molecule has 0 radical (unpaired) electrons. The van der Waals surface area contributed by atoms with Gasteiger partial charge in [0.25, 0.3) is 0 Å². The first-order chi connectivity index (χ1) is 8.90. The van der Waals surface area contributed by atoms with Gasteiger partial charge in [0.2, 0.25) is 0 Å². The number of hydrogen-bond donors (Lipinski definition) is 2. The number of carboxylic acid groups (broad SMARTS) is 2. The smallest absolute Gasteiger partial charge is 0.307 e. The van der Waals surface area contributed by atoms with Gasteiger partial charge in [0.1, 0.15) is 5.75 Å². The van der Waals surface area contributed by atoms with E-state index in [1.807, 2.05) is 13.8 Å². The molecule has 0 aliphatic rings. The summed E-state index contributed by atoms with van der Waals surface area (Å²) in [5, 5.41) is 17.8. The van der Waals surface area contributed by atoms with Gasteiger partial charge in [-0.25, -0.2) is 0 Å². The summed E-state index contributed by atoms with van der Waals surface area (Å²) in [4.78, 5) is 21.7. The highest BCUT2D eigenvalue weighted by molar-refractivity contribution is 5.75. The Balaban J connectivity index is 3.06. The average Bonchev–Trinajstić information content (AvgIpc) is 2.28. The van der Waals surface area contributed by atoms with E-state index in [1.54, 1.807) is 18.2 Å². The van der Waals surface area contributed by atoms with Crippen molar-refractivity contribution >= 4 is 11.9 Å². The van der Waals surface area contributed by atoms with E-state index < -0.39 is 11.9 Å². The number of carbonyl (C=O) groups is 2. The van der Waals surface area contributed by atoms with Crippen LogP contribution in [-0.2, 0) is 22.4 Å². The lowest BCUT2D eigenvalue weighted by molar-refractivity contribution is -0.137. The zero-order valence-electron chi connectivity index (χ0n) is 11.0. The zero-order valence-corrected chi connectivity index (χ0v) is 11.0. The van der Waals surface area contributed by atoms with Crippen LogP contribution in [0.2, 0.25) is 0 Å². The summed E-state index contributed by atoms with van der Waals surface area (Å²) in [7, 11) is 0. The van der Waals surface area contributed by atoms with Crippen LogP contribution in [0, 0.1) is 5.92 Å². The van der Waals surface area contributed by atoms with Crippen LogP contribution in [0.5, 0.6) is 5.75 Å². The lowest BCUT2D eigenvalue weighted by Crippen LogP contribution is -2.12. The van der Waals surface area contributed by atoms with Crippen molar-refractivity contribution in [2.24, 2.45) is 5.92 Å². The Morgan fingerprint density at radius 2 is 1.79 bits per heavy atom. The Morgan fingerprint density at radius 3 is 2.32 bits per heavy atom. The minimum Gasteiger partial charge on any atom is -0.493 e. The third-order valence-electron chi connectivity index (χ3n) is 2.47. The molecular formula is C14H18O5. The second kappa shape index (κ2) is 6.78. The van der Waals surface area contributed by atoms with E-state index in [2.05, 4.69) is 0 Å². The molecule has 0 aliphatic heterocycles. The molecule has 0 aliphatic carbocycles. The zero-order chi connectivity index (χ0) is 14.4. The Kier molecular flexibility index (Phi) is 5.36. The van der Waals surface area contributed by atoms with Gasteiger partial charge in [-0.15, -0.1) is 0 Å². The molecule has 5 heteroatoms. The molecule has 5 nitrogen and oxygen atoms in total. The third kappa shape index (κ3) is 4.99. The fourth-order valence-electron chi connectivity index (χ4n) is 1.68. The normalized spacial score (nSPS) is 10.5. The summed E-state index contributed by atoms with van der Waals surface area (Å²) in [5.41, 5.74) is 0.925. The fourth-order valence-corrected chi connectivity index (χ4v) is 1.68. The second-order valence-electron chi connectivity index (χ2n) is 4.74. The molecule has 0 bridgehead atoms. The molecule has 0 amide bonds. The largest absolute Gasteiger partial charge is 0.493 e. The van der Waals surface area contributed by atoms with Gasteiger partial charge < -0.3 is 14.9 Å². The van der Waals surface area contributed by atoms with Crippen LogP contribution in [0.25, 0.3) is 0 Å². The molecule has 19 heavy (non-hydrogen) atoms. The van der Waals surface area contributed by atoms with Crippen LogP contribution in [-0.4, -0.2) is 28.8 Å². The van der Waals surface area contributed by atoms with E-state index in [-0.39, 0.29) is 12.8 Å². The first kappa shape index (κ1) is 15.0. The predicted octanol–water partition coefficient (Wildman–Crippen LogP) is 1.98. The number of aliphatic carboxylic acids is 2. The van der Waals surface area contributed by atoms with Gasteiger partial charge >= 0.3 is 11.9 Å². The standard InChI is InChI=1S/C14H18O5/c1-9(2)8-19-12-5-3-4-10(6-13(15)16)11(12)7-14(17)18/h3-5,9H,6-8H2,1-2H3,(H,15,16)(H,17,18). The van der Waals surface area contributed by atoms with Gasteiger partial charge in [-0.05, 0) is 17.5 Å². The molecule has 0 fully saturated rings. The van der Waals surface area contributed by atoms with Gasteiger partial charge in [-0.3, -0.25) is 9.59 Å². The summed E-state index contributed by atoms with van der Waals surface area (Å²) in [6, 6.07) is 4.97. The SMILES string of the molecule is CC(C)COc1cccc(CC(=O)O)c1CC(=O)O. The van der Waals surface area contributed by atoms with Crippen LogP contribution in [0.3, 0.4) is 0 Å². The summed E-state index contributed by atoms with van der Waals surface area (Å²) in [6.45, 7) is 4.43. The van der Waals surface area contributed by atoms with E-state index in [9.17, 15) is 9.59 Å². The number of hydrogen-bond acceptors (Lipinski definition) is 3. The number of rotatable bonds is 7. The van der Waals surface area contributed by atoms with Gasteiger partial charge in [-0.1, -0.05) is 26.0 Å². The lowest BCUT2D eigenvalue weighted by atomic mass is 10.0. The molecule has 104 valence electrons. The summed E-state index contributed by atoms with van der Waals surface area (Å²) >= 11 is 0. The maximum absolute atomic E-state index is 10.9. The van der Waals surface area contributed by atoms with Crippen molar-refractivity contribution in [2.75, 3.05) is 6.61 Å². The summed E-state index contributed by atoms with van der Waals surface area (Å²) < 4.78 is 5.57. The molecule has 0 aromatic heterocycles. The third-order valence-corrected chi connectivity index (χ3v) is 2.47. The molecule has 1 aromatic rings. The molecule has 0 atom stereocenters. The Hall–Kier alpha value is -2.04. The summed E-state index contributed by atoms with van der Waals surface area (Å²) in [6.07, 6.45) is -0.446. The number of ether oxygens (including phenoxy) is 1. The van der Waals surface area contributed by atoms with E-state index in [1.165, 1.54) is 0 Å². The maximum atomic E-state index is 10.9. The Morgan fingerprint density at radius 1 is 1.16 bits per heavy atom. The molecular weight excluding hydrogens is 248 g/mol. The molecule has 0 saturated carbocycles. The highest BCUT2D eigenvalue weighted by Crippen LogP contribution is 2.24. The Bertz CT molecular complexity index is 465. The second-order valence-corrected chi connectivity index (χ2v) is 4.74. The molecule has 1 aromatic carbocycles. The molecule has 0 spiro atoms. The molecule has 1 rings (SSSR count). The van der Waals surface area contributed by atoms with Crippen molar-refractivity contribution in [2.45, 2.75) is 26.7 Å². The van der Waals surface area contributed by atoms with Crippen molar-refractivity contribution in [3.8, 4) is 5.75 Å². The highest BCUT2D eigenvalue weighted by atomic mass is 16.5. The van der Waals surface area contributed by atoms with Crippen molar-refractivity contribution in [1.29, 1.82) is 0 Å². The van der Waals surface area contributed by atoms with Gasteiger partial charge in [0.05, 0.1) is 19.4 Å². The number of carboxylic acids is 2. The van der Waals surface area contributed by atoms with Crippen molar-refractivity contribution < 1.29 is 24.5 Å². The number of benzene rings is 1. The highest BCUT2D eigenvalue weighted by Gasteiger charge is 2.15. The van der Waals surface area contributed by atoms with Crippen LogP contribution in [0.15, 0.2) is 18.2 Å². The van der Waals surface area contributed by atoms with Gasteiger partial charge in [-0.2, -0.15) is 0 Å². The first-order valence-corrected chi connectivity index (χ1v) is 6.07. The van der Waals surface area contributed by atoms with E-state index in [0.29, 0.717) is 29.4 Å². The van der Waals surface area contributed by atoms with E-state index in [4.69, 9.17) is 14.9 Å². The molecule has 0 unspecified atom stereocenters. The van der Waals surface area contributed by atoms with Crippen molar-refractivity contribution in [3.05, 3.63) is 29.3 Å². The monoisotopic (exact) mass is 266 g/mol. The van der Waals surface area contributed by atoms with Crippen LogP contribution in [0.1, 0.15) is 25.0 Å². The van der Waals surface area contributed by atoms with Crippen LogP contribution >= 0.6 is 0 Å². The quantitative estimate of drug-likeness (QED) is 0.788. The molecule has 0 saturated heterocycles. The average molecular weight is 266 g/mol. The topological polar surface area (TPSA) is 83.8 Å². The summed E-state index contributed by atoms with van der Waals surface area (Å²) in [5.74, 6) is -1.24.